The first-order valence-electron chi connectivity index (χ1n) is 4.84. The monoisotopic (exact) mass is 220 g/mol. The van der Waals surface area contributed by atoms with Crippen molar-refractivity contribution < 1.29 is 13.9 Å². The molecule has 0 saturated heterocycles. The van der Waals surface area contributed by atoms with Crippen LogP contribution in [0.5, 0.6) is 0 Å². The van der Waals surface area contributed by atoms with E-state index in [1.54, 1.807) is 17.1 Å². The predicted octanol–water partition coefficient (Wildman–Crippen LogP) is 1.62. The maximum Gasteiger partial charge on any atom is 0.356 e. The third-order valence-electron chi connectivity index (χ3n) is 2.37. The minimum absolute atomic E-state index is 0.385. The first-order chi connectivity index (χ1) is 7.72. The molecular weight excluding hydrogens is 208 g/mol. The molecule has 5 heteroatoms. The Hall–Kier alpha value is -2.04. The molecule has 0 spiro atoms. The number of ether oxygens (including phenoxy) is 1. The third-order valence-corrected chi connectivity index (χ3v) is 2.37. The van der Waals surface area contributed by atoms with E-state index in [-0.39, 0.29) is 5.97 Å². The Morgan fingerprint density at radius 1 is 1.62 bits per heavy atom. The molecule has 84 valence electrons. The summed E-state index contributed by atoms with van der Waals surface area (Å²) in [7, 11) is 1.35. The highest BCUT2D eigenvalue weighted by atomic mass is 16.5. The van der Waals surface area contributed by atoms with Crippen LogP contribution in [-0.2, 0) is 11.3 Å². The number of aryl methyl sites for hydroxylation is 1. The number of aromatic nitrogens is 2. The van der Waals surface area contributed by atoms with Gasteiger partial charge in [0, 0.05) is 5.56 Å². The van der Waals surface area contributed by atoms with E-state index >= 15 is 0 Å². The highest BCUT2D eigenvalue weighted by Crippen LogP contribution is 2.11. The van der Waals surface area contributed by atoms with Gasteiger partial charge in [0.2, 0.25) is 0 Å². The molecule has 0 fully saturated rings. The lowest BCUT2D eigenvalue weighted by Gasteiger charge is -2.06. The van der Waals surface area contributed by atoms with Crippen LogP contribution < -0.4 is 0 Å². The molecular formula is C11H12N2O3. The van der Waals surface area contributed by atoms with E-state index in [0.29, 0.717) is 12.2 Å². The van der Waals surface area contributed by atoms with Gasteiger partial charge >= 0.3 is 5.97 Å². The van der Waals surface area contributed by atoms with Gasteiger partial charge in [-0.25, -0.2) is 9.78 Å². The highest BCUT2D eigenvalue weighted by molar-refractivity contribution is 5.87. The highest BCUT2D eigenvalue weighted by Gasteiger charge is 2.15. The van der Waals surface area contributed by atoms with Crippen molar-refractivity contribution in [2.24, 2.45) is 0 Å². The second-order valence-corrected chi connectivity index (χ2v) is 3.40. The van der Waals surface area contributed by atoms with Crippen LogP contribution in [0.4, 0.5) is 0 Å². The number of imidazole rings is 1. The molecule has 0 atom stereocenters. The van der Waals surface area contributed by atoms with Crippen LogP contribution in [0.25, 0.3) is 0 Å². The molecule has 0 amide bonds. The number of rotatable bonds is 3. The van der Waals surface area contributed by atoms with Gasteiger partial charge in [0.25, 0.3) is 0 Å². The van der Waals surface area contributed by atoms with Gasteiger partial charge in [-0.1, -0.05) is 0 Å². The lowest BCUT2D eigenvalue weighted by molar-refractivity contribution is 0.0588. The number of hydrogen-bond donors (Lipinski definition) is 0. The van der Waals surface area contributed by atoms with Crippen molar-refractivity contribution in [1.82, 2.24) is 9.55 Å². The van der Waals surface area contributed by atoms with Gasteiger partial charge in [0.15, 0.2) is 0 Å². The Labute approximate surface area is 92.7 Å². The lowest BCUT2D eigenvalue weighted by Crippen LogP contribution is -2.12. The fourth-order valence-electron chi connectivity index (χ4n) is 1.50. The molecule has 0 unspecified atom stereocenters. The van der Waals surface area contributed by atoms with E-state index in [1.807, 2.05) is 13.0 Å². The summed E-state index contributed by atoms with van der Waals surface area (Å²) >= 11 is 0. The minimum Gasteiger partial charge on any atom is -0.472 e. The van der Waals surface area contributed by atoms with Crippen LogP contribution in [0.1, 0.15) is 21.9 Å². The smallest absolute Gasteiger partial charge is 0.356 e. The molecule has 0 saturated carbocycles. The van der Waals surface area contributed by atoms with Crippen LogP contribution >= 0.6 is 0 Å². The second kappa shape index (κ2) is 4.22. The van der Waals surface area contributed by atoms with E-state index in [4.69, 9.17) is 4.42 Å². The fourth-order valence-corrected chi connectivity index (χ4v) is 1.50. The van der Waals surface area contributed by atoms with E-state index in [9.17, 15) is 4.79 Å². The minimum atomic E-state index is -0.385. The molecule has 0 radical (unpaired) electrons. The Kier molecular flexibility index (Phi) is 2.76. The number of hydrogen-bond acceptors (Lipinski definition) is 4. The molecule has 5 nitrogen and oxygen atoms in total. The number of furan rings is 1. The predicted molar refractivity (Wildman–Crippen MR) is 56.1 cm³/mol. The zero-order valence-corrected chi connectivity index (χ0v) is 9.14. The quantitative estimate of drug-likeness (QED) is 0.737. The van der Waals surface area contributed by atoms with Crippen LogP contribution in [-0.4, -0.2) is 22.6 Å². The first-order valence-corrected chi connectivity index (χ1v) is 4.84. The van der Waals surface area contributed by atoms with E-state index in [2.05, 4.69) is 9.72 Å². The Morgan fingerprint density at radius 3 is 3.06 bits per heavy atom. The third kappa shape index (κ3) is 1.84. The summed E-state index contributed by atoms with van der Waals surface area (Å²) in [5.74, 6) is 0.380. The average Bonchev–Trinajstić information content (AvgIpc) is 2.90. The fraction of sp³-hybridized carbons (Fsp3) is 0.273. The molecule has 0 bridgehead atoms. The maximum absolute atomic E-state index is 11.5. The molecule has 0 aliphatic heterocycles. The number of carbonyl (C=O) groups excluding carboxylic acids is 1. The molecule has 0 aromatic carbocycles. The van der Waals surface area contributed by atoms with Gasteiger partial charge in [-0.15, -0.1) is 0 Å². The van der Waals surface area contributed by atoms with E-state index in [1.165, 1.54) is 13.3 Å². The normalized spacial score (nSPS) is 10.4. The van der Waals surface area contributed by atoms with E-state index in [0.717, 1.165) is 11.4 Å². The lowest BCUT2D eigenvalue weighted by atomic mass is 10.3. The topological polar surface area (TPSA) is 57.3 Å². The van der Waals surface area contributed by atoms with Gasteiger partial charge < -0.3 is 13.7 Å². The van der Waals surface area contributed by atoms with Crippen molar-refractivity contribution in [3.05, 3.63) is 41.9 Å². The second-order valence-electron chi connectivity index (χ2n) is 3.40. The van der Waals surface area contributed by atoms with Crippen LogP contribution in [0.3, 0.4) is 0 Å². The largest absolute Gasteiger partial charge is 0.472 e. The van der Waals surface area contributed by atoms with Crippen LogP contribution in [0.15, 0.2) is 29.2 Å². The number of nitrogens with zero attached hydrogens (tertiary/aromatic N) is 2. The van der Waals surface area contributed by atoms with Crippen molar-refractivity contribution in [2.45, 2.75) is 13.5 Å². The number of methoxy groups -OCH3 is 1. The molecule has 0 N–H and O–H groups in total. The van der Waals surface area contributed by atoms with Crippen molar-refractivity contribution >= 4 is 5.97 Å². The zero-order chi connectivity index (χ0) is 11.5. The van der Waals surface area contributed by atoms with Gasteiger partial charge in [-0.05, 0) is 13.0 Å². The van der Waals surface area contributed by atoms with Gasteiger partial charge in [0.1, 0.15) is 11.5 Å². The maximum atomic E-state index is 11.5. The summed E-state index contributed by atoms with van der Waals surface area (Å²) in [5.41, 5.74) is 1.42. The van der Waals surface area contributed by atoms with Gasteiger partial charge in [0.05, 0.1) is 32.4 Å². The summed E-state index contributed by atoms with van der Waals surface area (Å²) < 4.78 is 11.5. The molecule has 2 heterocycles. The molecule has 2 rings (SSSR count). The van der Waals surface area contributed by atoms with Crippen molar-refractivity contribution in [3.63, 3.8) is 0 Å². The Bertz CT molecular complexity index is 485. The molecule has 2 aromatic rings. The summed E-state index contributed by atoms with van der Waals surface area (Å²) in [4.78, 5) is 15.6. The Balaban J connectivity index is 2.32. The molecule has 2 aromatic heterocycles. The van der Waals surface area contributed by atoms with E-state index < -0.39 is 0 Å². The number of esters is 1. The average molecular weight is 220 g/mol. The van der Waals surface area contributed by atoms with Crippen molar-refractivity contribution in [2.75, 3.05) is 7.11 Å². The summed E-state index contributed by atoms with van der Waals surface area (Å²) in [6, 6.07) is 1.85. The number of carbonyl (C=O) groups is 1. The zero-order valence-electron chi connectivity index (χ0n) is 9.14. The van der Waals surface area contributed by atoms with Crippen molar-refractivity contribution in [3.8, 4) is 0 Å². The standard InChI is InChI=1S/C11H12N2O3/c1-8-12-5-10(11(14)15-2)13(8)6-9-3-4-16-7-9/h3-5,7H,6H2,1-2H3. The van der Waals surface area contributed by atoms with Crippen LogP contribution in [0.2, 0.25) is 0 Å². The van der Waals surface area contributed by atoms with Gasteiger partial charge in [-0.3, -0.25) is 0 Å². The summed E-state index contributed by atoms with van der Waals surface area (Å²) in [6.45, 7) is 2.39. The van der Waals surface area contributed by atoms with Gasteiger partial charge in [-0.2, -0.15) is 0 Å². The van der Waals surface area contributed by atoms with Crippen molar-refractivity contribution in [1.29, 1.82) is 0 Å². The molecule has 0 aliphatic rings. The summed E-state index contributed by atoms with van der Waals surface area (Å²) in [6.07, 6.45) is 4.75. The Morgan fingerprint density at radius 2 is 2.44 bits per heavy atom. The SMILES string of the molecule is COC(=O)c1cnc(C)n1Cc1ccoc1. The molecule has 0 aliphatic carbocycles. The van der Waals surface area contributed by atoms with Crippen LogP contribution in [0, 0.1) is 6.92 Å². The molecule has 16 heavy (non-hydrogen) atoms. The first kappa shape index (κ1) is 10.5. The summed E-state index contributed by atoms with van der Waals surface area (Å²) in [5, 5.41) is 0.